The van der Waals surface area contributed by atoms with Crippen LogP contribution in [-0.2, 0) is 6.42 Å². The Labute approximate surface area is 161 Å². The molecule has 2 aromatic carbocycles. The predicted molar refractivity (Wildman–Crippen MR) is 106 cm³/mol. The van der Waals surface area contributed by atoms with Crippen molar-refractivity contribution in [2.75, 3.05) is 42.0 Å². The average Bonchev–Trinajstić information content (AvgIpc) is 2.70. The minimum absolute atomic E-state index is 0.179. The van der Waals surface area contributed by atoms with Crippen LogP contribution in [0.25, 0.3) is 0 Å². The van der Waals surface area contributed by atoms with Gasteiger partial charge in [-0.3, -0.25) is 4.79 Å². The molecular weight excluding hydrogens is 344 g/mol. The summed E-state index contributed by atoms with van der Waals surface area (Å²) < 4.78 is 15.9. The molecule has 0 aliphatic rings. The molecule has 0 saturated heterocycles. The first-order chi connectivity index (χ1) is 13.0. The number of benzene rings is 2. The van der Waals surface area contributed by atoms with Crippen molar-refractivity contribution < 1.29 is 19.0 Å². The van der Waals surface area contributed by atoms with Crippen LogP contribution in [-0.4, -0.2) is 58.8 Å². The van der Waals surface area contributed by atoms with E-state index in [4.69, 9.17) is 14.2 Å². The van der Waals surface area contributed by atoms with Crippen LogP contribution < -0.4 is 19.5 Å². The van der Waals surface area contributed by atoms with Gasteiger partial charge in [0.25, 0.3) is 5.91 Å². The molecule has 1 atom stereocenters. The van der Waals surface area contributed by atoms with Crippen LogP contribution in [0.3, 0.4) is 0 Å². The Morgan fingerprint density at radius 2 is 1.59 bits per heavy atom. The van der Waals surface area contributed by atoms with Gasteiger partial charge in [0.2, 0.25) is 5.75 Å². The third kappa shape index (κ3) is 5.37. The first-order valence-corrected chi connectivity index (χ1v) is 8.78. The number of nitrogens with zero attached hydrogens (tertiary/aromatic N) is 1. The number of nitrogens with one attached hydrogen (secondary N) is 1. The van der Waals surface area contributed by atoms with Gasteiger partial charge in [0.1, 0.15) is 0 Å². The fraction of sp³-hybridized carbons (Fsp3) is 0.381. The van der Waals surface area contributed by atoms with E-state index in [-0.39, 0.29) is 11.9 Å². The van der Waals surface area contributed by atoms with Gasteiger partial charge in [-0.05, 0) is 38.2 Å². The van der Waals surface area contributed by atoms with Gasteiger partial charge in [0, 0.05) is 18.2 Å². The van der Waals surface area contributed by atoms with E-state index in [0.29, 0.717) is 29.4 Å². The van der Waals surface area contributed by atoms with Crippen LogP contribution in [0.5, 0.6) is 17.2 Å². The number of ether oxygens (including phenoxy) is 3. The van der Waals surface area contributed by atoms with Crippen molar-refractivity contribution in [3.05, 3.63) is 53.6 Å². The molecule has 146 valence electrons. The maximum absolute atomic E-state index is 12.7. The second-order valence-electron chi connectivity index (χ2n) is 6.43. The molecule has 0 spiro atoms. The van der Waals surface area contributed by atoms with Crippen LogP contribution in [0.4, 0.5) is 0 Å². The molecular formula is C21H28N2O4. The summed E-state index contributed by atoms with van der Waals surface area (Å²) in [7, 11) is 8.62. The van der Waals surface area contributed by atoms with Gasteiger partial charge in [-0.1, -0.05) is 30.3 Å². The largest absolute Gasteiger partial charge is 0.493 e. The van der Waals surface area contributed by atoms with Gasteiger partial charge in [-0.2, -0.15) is 0 Å². The quantitative estimate of drug-likeness (QED) is 0.733. The van der Waals surface area contributed by atoms with Crippen molar-refractivity contribution in [3.8, 4) is 17.2 Å². The second kappa shape index (κ2) is 9.83. The summed E-state index contributed by atoms with van der Waals surface area (Å²) in [6.45, 7) is 0.525. The number of likely N-dealkylation sites (N-methyl/N-ethyl adjacent to an activating group) is 1. The minimum Gasteiger partial charge on any atom is -0.493 e. The second-order valence-corrected chi connectivity index (χ2v) is 6.43. The molecule has 1 amide bonds. The molecule has 0 fully saturated rings. The molecule has 2 aromatic rings. The van der Waals surface area contributed by atoms with Gasteiger partial charge in [-0.15, -0.1) is 0 Å². The number of hydrogen-bond donors (Lipinski definition) is 1. The predicted octanol–water partition coefficient (Wildman–Crippen LogP) is 2.62. The summed E-state index contributed by atoms with van der Waals surface area (Å²) in [5.41, 5.74) is 1.69. The van der Waals surface area contributed by atoms with Gasteiger partial charge in [0.15, 0.2) is 11.5 Å². The van der Waals surface area contributed by atoms with Crippen LogP contribution in [0.1, 0.15) is 15.9 Å². The lowest BCUT2D eigenvalue weighted by molar-refractivity contribution is 0.0941. The SMILES string of the molecule is COc1cc(C(=O)NC[C@H](Cc2ccccc2)N(C)C)cc(OC)c1OC. The lowest BCUT2D eigenvalue weighted by Gasteiger charge is -2.25. The lowest BCUT2D eigenvalue weighted by Crippen LogP contribution is -2.41. The van der Waals surface area contributed by atoms with E-state index in [1.165, 1.54) is 26.9 Å². The van der Waals surface area contributed by atoms with Gasteiger partial charge in [-0.25, -0.2) is 0 Å². The van der Waals surface area contributed by atoms with E-state index < -0.39 is 0 Å². The van der Waals surface area contributed by atoms with Crippen molar-refractivity contribution in [2.24, 2.45) is 0 Å². The third-order valence-corrected chi connectivity index (χ3v) is 4.47. The molecule has 1 N–H and O–H groups in total. The number of carbonyl (C=O) groups is 1. The van der Waals surface area contributed by atoms with Crippen molar-refractivity contribution in [3.63, 3.8) is 0 Å². The summed E-state index contributed by atoms with van der Waals surface area (Å²) in [5, 5.41) is 3.01. The molecule has 0 aliphatic carbocycles. The van der Waals surface area contributed by atoms with Crippen molar-refractivity contribution in [1.29, 1.82) is 0 Å². The maximum Gasteiger partial charge on any atom is 0.251 e. The van der Waals surface area contributed by atoms with Crippen molar-refractivity contribution in [1.82, 2.24) is 10.2 Å². The molecule has 27 heavy (non-hydrogen) atoms. The Kier molecular flexibility index (Phi) is 7.49. The van der Waals surface area contributed by atoms with E-state index in [0.717, 1.165) is 6.42 Å². The van der Waals surface area contributed by atoms with E-state index in [2.05, 4.69) is 22.3 Å². The molecule has 0 aliphatic heterocycles. The molecule has 0 aromatic heterocycles. The van der Waals surface area contributed by atoms with E-state index >= 15 is 0 Å². The molecule has 0 saturated carbocycles. The first kappa shape index (κ1) is 20.6. The fourth-order valence-corrected chi connectivity index (χ4v) is 2.85. The minimum atomic E-state index is -0.186. The summed E-state index contributed by atoms with van der Waals surface area (Å²) >= 11 is 0. The van der Waals surface area contributed by atoms with Crippen LogP contribution in [0.15, 0.2) is 42.5 Å². The zero-order valence-electron chi connectivity index (χ0n) is 16.6. The summed E-state index contributed by atoms with van der Waals surface area (Å²) in [4.78, 5) is 14.8. The molecule has 2 rings (SSSR count). The highest BCUT2D eigenvalue weighted by molar-refractivity contribution is 5.95. The zero-order chi connectivity index (χ0) is 19.8. The molecule has 0 heterocycles. The molecule has 0 radical (unpaired) electrons. The Morgan fingerprint density at radius 3 is 2.07 bits per heavy atom. The fourth-order valence-electron chi connectivity index (χ4n) is 2.85. The van der Waals surface area contributed by atoms with Gasteiger partial charge < -0.3 is 24.4 Å². The summed E-state index contributed by atoms with van der Waals surface area (Å²) in [5.74, 6) is 1.19. The van der Waals surface area contributed by atoms with Crippen LogP contribution in [0.2, 0.25) is 0 Å². The zero-order valence-corrected chi connectivity index (χ0v) is 16.6. The standard InChI is InChI=1S/C21H28N2O4/c1-23(2)17(11-15-9-7-6-8-10-15)14-22-21(24)16-12-18(25-3)20(27-5)19(13-16)26-4/h6-10,12-13,17H,11,14H2,1-5H3,(H,22,24)/t17-/m0/s1. The summed E-state index contributed by atoms with van der Waals surface area (Å²) in [6.07, 6.45) is 0.851. The molecule has 0 unspecified atom stereocenters. The molecule has 6 heteroatoms. The maximum atomic E-state index is 12.7. The lowest BCUT2D eigenvalue weighted by atomic mass is 10.0. The Hall–Kier alpha value is -2.73. The Balaban J connectivity index is 2.11. The van der Waals surface area contributed by atoms with Crippen molar-refractivity contribution >= 4 is 5.91 Å². The highest BCUT2D eigenvalue weighted by atomic mass is 16.5. The molecule has 6 nitrogen and oxygen atoms in total. The average molecular weight is 372 g/mol. The Morgan fingerprint density at radius 1 is 1.00 bits per heavy atom. The monoisotopic (exact) mass is 372 g/mol. The number of rotatable bonds is 9. The number of methoxy groups -OCH3 is 3. The first-order valence-electron chi connectivity index (χ1n) is 8.78. The van der Waals surface area contributed by atoms with Gasteiger partial charge >= 0.3 is 0 Å². The van der Waals surface area contributed by atoms with Crippen LogP contribution >= 0.6 is 0 Å². The van der Waals surface area contributed by atoms with Crippen molar-refractivity contribution in [2.45, 2.75) is 12.5 Å². The third-order valence-electron chi connectivity index (χ3n) is 4.47. The highest BCUT2D eigenvalue weighted by Crippen LogP contribution is 2.38. The number of amides is 1. The Bertz CT molecular complexity index is 722. The summed E-state index contributed by atoms with van der Waals surface area (Å²) in [6, 6.07) is 13.7. The topological polar surface area (TPSA) is 60.0 Å². The number of hydrogen-bond acceptors (Lipinski definition) is 5. The van der Waals surface area contributed by atoms with E-state index in [9.17, 15) is 4.79 Å². The smallest absolute Gasteiger partial charge is 0.251 e. The van der Waals surface area contributed by atoms with E-state index in [1.54, 1.807) is 12.1 Å². The highest BCUT2D eigenvalue weighted by Gasteiger charge is 2.19. The number of carbonyl (C=O) groups excluding carboxylic acids is 1. The van der Waals surface area contributed by atoms with Crippen LogP contribution in [0, 0.1) is 0 Å². The normalized spacial score (nSPS) is 11.8. The van der Waals surface area contributed by atoms with Gasteiger partial charge in [0.05, 0.1) is 21.3 Å². The van der Waals surface area contributed by atoms with E-state index in [1.807, 2.05) is 32.3 Å². The molecule has 0 bridgehead atoms.